The molecule has 1 aliphatic rings. The second-order valence-electron chi connectivity index (χ2n) is 7.63. The molecule has 2 heterocycles. The number of piperazine rings is 1. The van der Waals surface area contributed by atoms with Gasteiger partial charge in [0.05, 0.1) is 12.2 Å². The van der Waals surface area contributed by atoms with Crippen LogP contribution in [0.2, 0.25) is 0 Å². The van der Waals surface area contributed by atoms with E-state index in [2.05, 4.69) is 58.4 Å². The van der Waals surface area contributed by atoms with Crippen LogP contribution in [0.3, 0.4) is 0 Å². The molecule has 0 saturated carbocycles. The van der Waals surface area contributed by atoms with E-state index < -0.39 is 0 Å². The lowest BCUT2D eigenvalue weighted by Gasteiger charge is -2.34. The van der Waals surface area contributed by atoms with Gasteiger partial charge in [-0.25, -0.2) is 4.79 Å². The Balaban J connectivity index is 1.39. The highest BCUT2D eigenvalue weighted by molar-refractivity contribution is 5.74. The summed E-state index contributed by atoms with van der Waals surface area (Å²) in [4.78, 5) is 19.1. The molecular formula is C22H33N5O2. The van der Waals surface area contributed by atoms with Gasteiger partial charge in [-0.05, 0) is 31.1 Å². The van der Waals surface area contributed by atoms with Gasteiger partial charge in [-0.3, -0.25) is 9.80 Å². The molecule has 29 heavy (non-hydrogen) atoms. The SMILES string of the molecule is CCN(CC)Cc1ccc(CNC(=O)N2CCN(Cc3cc(C)no3)CC2)cc1. The molecule has 0 atom stereocenters. The average Bonchev–Trinajstić information content (AvgIpc) is 3.16. The second kappa shape index (κ2) is 10.4. The largest absolute Gasteiger partial charge is 0.360 e. The molecule has 1 saturated heterocycles. The van der Waals surface area contributed by atoms with E-state index in [9.17, 15) is 4.79 Å². The fourth-order valence-electron chi connectivity index (χ4n) is 3.58. The van der Waals surface area contributed by atoms with Crippen LogP contribution in [-0.2, 0) is 19.6 Å². The molecule has 1 aromatic heterocycles. The van der Waals surface area contributed by atoms with Gasteiger partial charge in [0.25, 0.3) is 0 Å². The Morgan fingerprint density at radius 3 is 2.34 bits per heavy atom. The van der Waals surface area contributed by atoms with Crippen molar-refractivity contribution in [1.82, 2.24) is 25.2 Å². The number of carbonyl (C=O) groups is 1. The Morgan fingerprint density at radius 2 is 1.76 bits per heavy atom. The lowest BCUT2D eigenvalue weighted by molar-refractivity contribution is 0.128. The van der Waals surface area contributed by atoms with E-state index in [0.717, 1.165) is 69.4 Å². The Bertz CT molecular complexity index is 762. The molecule has 2 amide bonds. The van der Waals surface area contributed by atoms with Crippen LogP contribution < -0.4 is 5.32 Å². The molecule has 2 aromatic rings. The second-order valence-corrected chi connectivity index (χ2v) is 7.63. The maximum Gasteiger partial charge on any atom is 0.317 e. The number of carbonyl (C=O) groups excluding carboxylic acids is 1. The number of aromatic nitrogens is 1. The number of amides is 2. The molecule has 158 valence electrons. The van der Waals surface area contributed by atoms with Crippen molar-refractivity contribution in [2.75, 3.05) is 39.3 Å². The predicted molar refractivity (Wildman–Crippen MR) is 113 cm³/mol. The van der Waals surface area contributed by atoms with Gasteiger partial charge >= 0.3 is 6.03 Å². The van der Waals surface area contributed by atoms with Crippen molar-refractivity contribution in [3.8, 4) is 0 Å². The zero-order valence-electron chi connectivity index (χ0n) is 17.9. The summed E-state index contributed by atoms with van der Waals surface area (Å²) in [5.74, 6) is 0.879. The van der Waals surface area contributed by atoms with Crippen LogP contribution in [0.5, 0.6) is 0 Å². The van der Waals surface area contributed by atoms with Crippen LogP contribution >= 0.6 is 0 Å². The zero-order chi connectivity index (χ0) is 20.6. The van der Waals surface area contributed by atoms with Crippen LogP contribution in [-0.4, -0.2) is 65.2 Å². The maximum atomic E-state index is 12.5. The fraction of sp³-hybridized carbons (Fsp3) is 0.545. The Labute approximate surface area is 173 Å². The summed E-state index contributed by atoms with van der Waals surface area (Å²) in [6.07, 6.45) is 0. The number of rotatable bonds is 8. The van der Waals surface area contributed by atoms with Gasteiger partial charge in [0.15, 0.2) is 5.76 Å². The van der Waals surface area contributed by atoms with E-state index in [4.69, 9.17) is 4.52 Å². The summed E-state index contributed by atoms with van der Waals surface area (Å²) in [5.41, 5.74) is 3.34. The summed E-state index contributed by atoms with van der Waals surface area (Å²) < 4.78 is 5.28. The quantitative estimate of drug-likeness (QED) is 0.739. The molecule has 0 unspecified atom stereocenters. The van der Waals surface area contributed by atoms with E-state index in [0.29, 0.717) is 6.54 Å². The number of benzene rings is 1. The highest BCUT2D eigenvalue weighted by Gasteiger charge is 2.21. The monoisotopic (exact) mass is 399 g/mol. The van der Waals surface area contributed by atoms with Crippen LogP contribution in [0.15, 0.2) is 34.9 Å². The molecule has 0 spiro atoms. The number of hydrogen-bond donors (Lipinski definition) is 1. The molecule has 0 radical (unpaired) electrons. The van der Waals surface area contributed by atoms with Crippen molar-refractivity contribution < 1.29 is 9.32 Å². The topological polar surface area (TPSA) is 64.9 Å². The normalized spacial score (nSPS) is 15.1. The van der Waals surface area contributed by atoms with Crippen molar-refractivity contribution in [2.24, 2.45) is 0 Å². The first-order chi connectivity index (χ1) is 14.1. The minimum absolute atomic E-state index is 0.00683. The molecular weight excluding hydrogens is 366 g/mol. The van der Waals surface area contributed by atoms with Gasteiger partial charge in [-0.1, -0.05) is 43.3 Å². The average molecular weight is 400 g/mol. The number of aryl methyl sites for hydroxylation is 1. The van der Waals surface area contributed by atoms with Gasteiger partial charge in [0.2, 0.25) is 0 Å². The van der Waals surface area contributed by atoms with Gasteiger partial charge in [0, 0.05) is 45.3 Å². The summed E-state index contributed by atoms with van der Waals surface area (Å²) in [7, 11) is 0. The molecule has 1 aliphatic heterocycles. The van der Waals surface area contributed by atoms with E-state index in [1.807, 2.05) is 17.9 Å². The lowest BCUT2D eigenvalue weighted by Crippen LogP contribution is -2.51. The van der Waals surface area contributed by atoms with Gasteiger partial charge in [0.1, 0.15) is 0 Å². The van der Waals surface area contributed by atoms with Crippen molar-refractivity contribution in [2.45, 2.75) is 40.4 Å². The molecule has 1 fully saturated rings. The van der Waals surface area contributed by atoms with Crippen LogP contribution in [0.1, 0.15) is 36.4 Å². The number of nitrogens with one attached hydrogen (secondary N) is 1. The Kier molecular flexibility index (Phi) is 7.66. The minimum Gasteiger partial charge on any atom is -0.360 e. The smallest absolute Gasteiger partial charge is 0.317 e. The van der Waals surface area contributed by atoms with Crippen LogP contribution in [0.25, 0.3) is 0 Å². The molecule has 7 heteroatoms. The number of urea groups is 1. The van der Waals surface area contributed by atoms with E-state index in [1.54, 1.807) is 0 Å². The Hall–Kier alpha value is -2.38. The minimum atomic E-state index is 0.00683. The third-order valence-corrected chi connectivity index (χ3v) is 5.48. The van der Waals surface area contributed by atoms with Gasteiger partial charge < -0.3 is 14.7 Å². The number of nitrogens with zero attached hydrogens (tertiary/aromatic N) is 4. The van der Waals surface area contributed by atoms with Crippen molar-refractivity contribution in [3.05, 3.63) is 52.9 Å². The third kappa shape index (κ3) is 6.30. The lowest BCUT2D eigenvalue weighted by atomic mass is 10.1. The van der Waals surface area contributed by atoms with Crippen LogP contribution in [0, 0.1) is 6.92 Å². The molecule has 1 aromatic carbocycles. The number of hydrogen-bond acceptors (Lipinski definition) is 5. The summed E-state index contributed by atoms with van der Waals surface area (Å²) in [6.45, 7) is 13.8. The predicted octanol–water partition coefficient (Wildman–Crippen LogP) is 2.85. The molecule has 0 bridgehead atoms. The maximum absolute atomic E-state index is 12.5. The van der Waals surface area contributed by atoms with Crippen molar-refractivity contribution in [3.63, 3.8) is 0 Å². The highest BCUT2D eigenvalue weighted by atomic mass is 16.5. The van der Waals surface area contributed by atoms with E-state index in [1.165, 1.54) is 5.56 Å². The van der Waals surface area contributed by atoms with Crippen LogP contribution in [0.4, 0.5) is 4.79 Å². The van der Waals surface area contributed by atoms with E-state index >= 15 is 0 Å². The first kappa shape index (κ1) is 21.3. The van der Waals surface area contributed by atoms with Gasteiger partial charge in [-0.15, -0.1) is 0 Å². The van der Waals surface area contributed by atoms with Crippen molar-refractivity contribution in [1.29, 1.82) is 0 Å². The van der Waals surface area contributed by atoms with Gasteiger partial charge in [-0.2, -0.15) is 0 Å². The highest BCUT2D eigenvalue weighted by Crippen LogP contribution is 2.11. The van der Waals surface area contributed by atoms with Crippen molar-refractivity contribution >= 4 is 6.03 Å². The first-order valence-electron chi connectivity index (χ1n) is 10.5. The fourth-order valence-corrected chi connectivity index (χ4v) is 3.58. The Morgan fingerprint density at radius 1 is 1.10 bits per heavy atom. The summed E-state index contributed by atoms with van der Waals surface area (Å²) >= 11 is 0. The first-order valence-corrected chi connectivity index (χ1v) is 10.5. The third-order valence-electron chi connectivity index (χ3n) is 5.48. The summed E-state index contributed by atoms with van der Waals surface area (Å²) in [6, 6.07) is 10.5. The summed E-state index contributed by atoms with van der Waals surface area (Å²) in [5, 5.41) is 6.98. The molecule has 1 N–H and O–H groups in total. The van der Waals surface area contributed by atoms with E-state index in [-0.39, 0.29) is 6.03 Å². The molecule has 7 nitrogen and oxygen atoms in total. The molecule has 0 aliphatic carbocycles. The standard InChI is InChI=1S/C22H33N5O2/c1-4-25(5-2)16-20-8-6-19(7-9-20)15-23-22(28)27-12-10-26(11-13-27)17-21-14-18(3)24-29-21/h6-9,14H,4-5,10-13,15-17H2,1-3H3,(H,23,28). The molecule has 3 rings (SSSR count). The zero-order valence-corrected chi connectivity index (χ0v) is 17.9.